The first-order chi connectivity index (χ1) is 19.1. The molecule has 10 heteroatoms. The van der Waals surface area contributed by atoms with Crippen molar-refractivity contribution in [3.63, 3.8) is 0 Å². The predicted molar refractivity (Wildman–Crippen MR) is 150 cm³/mol. The lowest BCUT2D eigenvalue weighted by Crippen LogP contribution is -2.49. The summed E-state index contributed by atoms with van der Waals surface area (Å²) in [5.41, 5.74) is 4.98. The van der Waals surface area contributed by atoms with Crippen molar-refractivity contribution in [2.24, 2.45) is 0 Å². The van der Waals surface area contributed by atoms with Gasteiger partial charge in [0.25, 0.3) is 0 Å². The molecule has 0 bridgehead atoms. The van der Waals surface area contributed by atoms with E-state index in [9.17, 15) is 27.9 Å². The standard InChI is InChI=1S/C30H32N2O7S/c1-40(37,38)18-16-27(29(35)32(17-15-28(33)34)19-21-9-3-2-4-10-21)31-30(36)39-20-26-24-13-7-5-11-22(24)23-12-6-8-14-25(23)26/h2-14,26-27H,15-20H2,1H3,(H,31,36)(H,33,34). The van der Waals surface area contributed by atoms with Gasteiger partial charge in [0.2, 0.25) is 5.91 Å². The number of carboxylic acids is 1. The van der Waals surface area contributed by atoms with Crippen LogP contribution < -0.4 is 5.32 Å². The fourth-order valence-corrected chi connectivity index (χ4v) is 5.56. The van der Waals surface area contributed by atoms with Crippen molar-refractivity contribution in [1.29, 1.82) is 0 Å². The molecule has 0 radical (unpaired) electrons. The quantitative estimate of drug-likeness (QED) is 0.342. The molecular formula is C30H32N2O7S. The molecule has 0 saturated heterocycles. The third-order valence-electron chi connectivity index (χ3n) is 6.83. The van der Waals surface area contributed by atoms with Crippen molar-refractivity contribution >= 4 is 27.8 Å². The Morgan fingerprint density at radius 2 is 1.50 bits per heavy atom. The van der Waals surface area contributed by atoms with Crippen LogP contribution in [-0.4, -0.2) is 67.6 Å². The average Bonchev–Trinajstić information content (AvgIpc) is 3.25. The van der Waals surface area contributed by atoms with Crippen LogP contribution in [-0.2, 0) is 30.7 Å². The maximum Gasteiger partial charge on any atom is 0.407 e. The Morgan fingerprint density at radius 1 is 0.925 bits per heavy atom. The van der Waals surface area contributed by atoms with E-state index < -0.39 is 33.8 Å². The van der Waals surface area contributed by atoms with Crippen LogP contribution in [0.5, 0.6) is 0 Å². The van der Waals surface area contributed by atoms with Gasteiger partial charge in [0.15, 0.2) is 0 Å². The van der Waals surface area contributed by atoms with Gasteiger partial charge >= 0.3 is 12.1 Å². The first-order valence-electron chi connectivity index (χ1n) is 13.0. The number of hydrogen-bond donors (Lipinski definition) is 2. The number of sulfone groups is 1. The number of amides is 2. The molecule has 0 fully saturated rings. The van der Waals surface area contributed by atoms with Gasteiger partial charge in [0.05, 0.1) is 12.2 Å². The smallest absolute Gasteiger partial charge is 0.407 e. The van der Waals surface area contributed by atoms with Gasteiger partial charge in [-0.1, -0.05) is 78.9 Å². The lowest BCUT2D eigenvalue weighted by Gasteiger charge is -2.28. The molecule has 0 aliphatic heterocycles. The van der Waals surface area contributed by atoms with Crippen LogP contribution in [0.1, 0.15) is 35.4 Å². The van der Waals surface area contributed by atoms with Crippen LogP contribution >= 0.6 is 0 Å². The van der Waals surface area contributed by atoms with E-state index in [1.165, 1.54) is 4.90 Å². The van der Waals surface area contributed by atoms with Gasteiger partial charge in [-0.15, -0.1) is 0 Å². The summed E-state index contributed by atoms with van der Waals surface area (Å²) in [5.74, 6) is -2.19. The zero-order chi connectivity index (χ0) is 28.7. The maximum atomic E-state index is 13.6. The van der Waals surface area contributed by atoms with E-state index in [2.05, 4.69) is 5.32 Å². The van der Waals surface area contributed by atoms with Gasteiger partial charge in [-0.3, -0.25) is 9.59 Å². The fourth-order valence-electron chi connectivity index (χ4n) is 4.89. The van der Waals surface area contributed by atoms with Crippen LogP contribution in [0.15, 0.2) is 78.9 Å². The summed E-state index contributed by atoms with van der Waals surface area (Å²) < 4.78 is 29.4. The Labute approximate surface area is 233 Å². The first kappa shape index (κ1) is 28.8. The second kappa shape index (κ2) is 12.8. The summed E-state index contributed by atoms with van der Waals surface area (Å²) in [6.45, 7) is 0.0269. The van der Waals surface area contributed by atoms with Crippen LogP contribution in [0, 0.1) is 0 Å². The number of aliphatic carboxylic acids is 1. The van der Waals surface area contributed by atoms with Crippen molar-refractivity contribution in [3.8, 4) is 11.1 Å². The Bertz CT molecular complexity index is 1430. The number of alkyl carbamates (subject to hydrolysis) is 1. The average molecular weight is 565 g/mol. The number of carbonyl (C=O) groups excluding carboxylic acids is 2. The Kier molecular flexibility index (Phi) is 9.21. The van der Waals surface area contributed by atoms with Gasteiger partial charge in [-0.05, 0) is 34.2 Å². The van der Waals surface area contributed by atoms with E-state index >= 15 is 0 Å². The molecule has 3 aromatic carbocycles. The van der Waals surface area contributed by atoms with Crippen molar-refractivity contribution < 1.29 is 32.6 Å². The molecule has 1 aliphatic rings. The van der Waals surface area contributed by atoms with Crippen LogP contribution in [0.2, 0.25) is 0 Å². The van der Waals surface area contributed by atoms with Gasteiger partial charge in [-0.25, -0.2) is 13.2 Å². The van der Waals surface area contributed by atoms with E-state index in [-0.39, 0.29) is 44.2 Å². The monoisotopic (exact) mass is 564 g/mol. The lowest BCUT2D eigenvalue weighted by atomic mass is 9.98. The van der Waals surface area contributed by atoms with Crippen molar-refractivity contribution in [1.82, 2.24) is 10.2 Å². The number of ether oxygens (including phenoxy) is 1. The molecule has 0 saturated carbocycles. The molecular weight excluding hydrogens is 532 g/mol. The summed E-state index contributed by atoms with van der Waals surface area (Å²) in [4.78, 5) is 39.1. The third-order valence-corrected chi connectivity index (χ3v) is 7.81. The Morgan fingerprint density at radius 3 is 2.08 bits per heavy atom. The third kappa shape index (κ3) is 7.47. The fraction of sp³-hybridized carbons (Fsp3) is 0.300. The number of fused-ring (bicyclic) bond motifs is 3. The summed E-state index contributed by atoms with van der Waals surface area (Å²) >= 11 is 0. The zero-order valence-corrected chi connectivity index (χ0v) is 23.0. The molecule has 1 atom stereocenters. The predicted octanol–water partition coefficient (Wildman–Crippen LogP) is 3.83. The topological polar surface area (TPSA) is 130 Å². The number of nitrogens with one attached hydrogen (secondary N) is 1. The highest BCUT2D eigenvalue weighted by Gasteiger charge is 2.31. The second-order valence-electron chi connectivity index (χ2n) is 9.83. The van der Waals surface area contributed by atoms with E-state index in [1.54, 1.807) is 24.3 Å². The summed E-state index contributed by atoms with van der Waals surface area (Å²) in [6.07, 6.45) is -0.289. The summed E-state index contributed by atoms with van der Waals surface area (Å²) in [6, 6.07) is 23.6. The zero-order valence-electron chi connectivity index (χ0n) is 22.2. The van der Waals surface area contributed by atoms with Gasteiger partial charge in [-0.2, -0.15) is 0 Å². The highest BCUT2D eigenvalue weighted by Crippen LogP contribution is 2.44. The molecule has 0 aromatic heterocycles. The maximum absolute atomic E-state index is 13.6. The first-order valence-corrected chi connectivity index (χ1v) is 15.0. The highest BCUT2D eigenvalue weighted by atomic mass is 32.2. The molecule has 2 amide bonds. The molecule has 3 aromatic rings. The van der Waals surface area contributed by atoms with Crippen LogP contribution in [0.3, 0.4) is 0 Å². The summed E-state index contributed by atoms with van der Waals surface area (Å²) in [7, 11) is -3.45. The van der Waals surface area contributed by atoms with Crippen molar-refractivity contribution in [2.75, 3.05) is 25.2 Å². The molecule has 210 valence electrons. The number of carbonyl (C=O) groups is 3. The van der Waals surface area contributed by atoms with Crippen molar-refractivity contribution in [3.05, 3.63) is 95.6 Å². The largest absolute Gasteiger partial charge is 0.481 e. The number of hydrogen-bond acceptors (Lipinski definition) is 6. The van der Waals surface area contributed by atoms with Gasteiger partial charge in [0.1, 0.15) is 22.5 Å². The lowest BCUT2D eigenvalue weighted by molar-refractivity contribution is -0.139. The molecule has 9 nitrogen and oxygen atoms in total. The molecule has 1 unspecified atom stereocenters. The SMILES string of the molecule is CS(=O)(=O)CCC(NC(=O)OCC1c2ccccc2-c2ccccc21)C(=O)N(CCC(=O)O)Cc1ccccc1. The second-order valence-corrected chi connectivity index (χ2v) is 12.1. The van der Waals surface area contributed by atoms with Gasteiger partial charge in [0, 0.05) is 25.3 Å². The number of carboxylic acid groups (broad SMARTS) is 1. The van der Waals surface area contributed by atoms with E-state index in [4.69, 9.17) is 4.74 Å². The number of nitrogens with zero attached hydrogens (tertiary/aromatic N) is 1. The van der Waals surface area contributed by atoms with Crippen LogP contribution in [0.25, 0.3) is 11.1 Å². The molecule has 0 heterocycles. The van der Waals surface area contributed by atoms with E-state index in [0.717, 1.165) is 34.1 Å². The molecule has 40 heavy (non-hydrogen) atoms. The molecule has 1 aliphatic carbocycles. The molecule has 4 rings (SSSR count). The summed E-state index contributed by atoms with van der Waals surface area (Å²) in [5, 5.41) is 11.8. The minimum absolute atomic E-state index is 0.0274. The van der Waals surface area contributed by atoms with Gasteiger partial charge < -0.3 is 20.1 Å². The molecule has 2 N–H and O–H groups in total. The minimum atomic E-state index is -3.45. The normalized spacial score (nSPS) is 13.1. The molecule has 0 spiro atoms. The Hall–Kier alpha value is -4.18. The highest BCUT2D eigenvalue weighted by molar-refractivity contribution is 7.90. The Balaban J connectivity index is 1.49. The van der Waals surface area contributed by atoms with E-state index in [1.807, 2.05) is 54.6 Å². The minimum Gasteiger partial charge on any atom is -0.481 e. The van der Waals surface area contributed by atoms with E-state index in [0.29, 0.717) is 0 Å². The number of benzene rings is 3. The number of rotatable bonds is 12. The van der Waals surface area contributed by atoms with Crippen LogP contribution in [0.4, 0.5) is 4.79 Å². The van der Waals surface area contributed by atoms with Crippen molar-refractivity contribution in [2.45, 2.75) is 31.3 Å².